The predicted molar refractivity (Wildman–Crippen MR) is 86.5 cm³/mol. The molecule has 5 nitrogen and oxygen atoms in total. The van der Waals surface area contributed by atoms with E-state index in [1.165, 1.54) is 11.2 Å². The predicted octanol–water partition coefficient (Wildman–Crippen LogP) is 4.51. The molecular formula is C16H12Cl2N2O3. The molecule has 0 bridgehead atoms. The summed E-state index contributed by atoms with van der Waals surface area (Å²) >= 11 is 11.9. The average Bonchev–Trinajstić information content (AvgIpc) is 3.20. The molecule has 0 saturated heterocycles. The van der Waals surface area contributed by atoms with Crippen molar-refractivity contribution in [3.05, 3.63) is 64.0 Å². The van der Waals surface area contributed by atoms with Gasteiger partial charge >= 0.3 is 0 Å². The van der Waals surface area contributed by atoms with Crippen LogP contribution in [-0.2, 0) is 6.54 Å². The van der Waals surface area contributed by atoms with Crippen LogP contribution in [0.3, 0.4) is 0 Å². The minimum absolute atomic E-state index is 0.207. The minimum Gasteiger partial charge on any atom is -0.461 e. The van der Waals surface area contributed by atoms with Gasteiger partial charge in [0.15, 0.2) is 11.5 Å². The van der Waals surface area contributed by atoms with Gasteiger partial charge in [-0.15, -0.1) is 0 Å². The second-order valence-corrected chi connectivity index (χ2v) is 5.78. The Hall–Kier alpha value is -2.24. The lowest BCUT2D eigenvalue weighted by Gasteiger charge is -2.15. The molecule has 2 heterocycles. The number of aromatic nitrogens is 1. The van der Waals surface area contributed by atoms with Crippen molar-refractivity contribution in [1.82, 2.24) is 10.1 Å². The monoisotopic (exact) mass is 350 g/mol. The Morgan fingerprint density at radius 1 is 1.17 bits per heavy atom. The summed E-state index contributed by atoms with van der Waals surface area (Å²) in [5.41, 5.74) is 1.07. The van der Waals surface area contributed by atoms with E-state index in [0.717, 1.165) is 5.56 Å². The van der Waals surface area contributed by atoms with Gasteiger partial charge in [0.05, 0.1) is 16.3 Å². The van der Waals surface area contributed by atoms with Crippen molar-refractivity contribution in [2.45, 2.75) is 6.54 Å². The number of hydrogen-bond donors (Lipinski definition) is 0. The first-order valence-electron chi connectivity index (χ1n) is 6.74. The Labute approximate surface area is 142 Å². The molecule has 1 aromatic carbocycles. The van der Waals surface area contributed by atoms with E-state index in [2.05, 4.69) is 5.16 Å². The summed E-state index contributed by atoms with van der Waals surface area (Å²) in [4.78, 5) is 13.9. The molecule has 0 spiro atoms. The SMILES string of the molecule is CN(Cc1ccc(Cl)c(Cl)c1)C(=O)c1cc(-c2ccco2)on1. The molecular weight excluding hydrogens is 339 g/mol. The fraction of sp³-hybridized carbons (Fsp3) is 0.125. The number of amides is 1. The summed E-state index contributed by atoms with van der Waals surface area (Å²) in [7, 11) is 1.67. The van der Waals surface area contributed by atoms with Gasteiger partial charge in [-0.1, -0.05) is 34.4 Å². The topological polar surface area (TPSA) is 59.5 Å². The third kappa shape index (κ3) is 3.41. The van der Waals surface area contributed by atoms with E-state index in [-0.39, 0.29) is 11.6 Å². The molecule has 1 amide bonds. The molecule has 0 aliphatic heterocycles. The van der Waals surface area contributed by atoms with Gasteiger partial charge in [0.25, 0.3) is 5.91 Å². The van der Waals surface area contributed by atoms with E-state index in [0.29, 0.717) is 28.1 Å². The van der Waals surface area contributed by atoms with Crippen LogP contribution < -0.4 is 0 Å². The third-order valence-corrected chi connectivity index (χ3v) is 3.98. The van der Waals surface area contributed by atoms with E-state index in [1.54, 1.807) is 37.4 Å². The zero-order valence-electron chi connectivity index (χ0n) is 12.1. The highest BCUT2D eigenvalue weighted by atomic mass is 35.5. The van der Waals surface area contributed by atoms with Crippen LogP contribution in [0.15, 0.2) is 51.6 Å². The number of benzene rings is 1. The summed E-state index contributed by atoms with van der Waals surface area (Å²) in [6.45, 7) is 0.374. The Kier molecular flexibility index (Phi) is 4.41. The molecule has 0 unspecified atom stereocenters. The number of carbonyl (C=O) groups excluding carboxylic acids is 1. The van der Waals surface area contributed by atoms with Gasteiger partial charge in [-0.05, 0) is 29.8 Å². The highest BCUT2D eigenvalue weighted by molar-refractivity contribution is 6.42. The van der Waals surface area contributed by atoms with E-state index in [1.807, 2.05) is 6.07 Å². The van der Waals surface area contributed by atoms with Gasteiger partial charge in [0.1, 0.15) is 0 Å². The number of rotatable bonds is 4. The van der Waals surface area contributed by atoms with Crippen molar-refractivity contribution in [3.63, 3.8) is 0 Å². The molecule has 0 aliphatic rings. The van der Waals surface area contributed by atoms with Crippen molar-refractivity contribution >= 4 is 29.1 Å². The Morgan fingerprint density at radius 3 is 2.70 bits per heavy atom. The Balaban J connectivity index is 1.73. The van der Waals surface area contributed by atoms with Crippen LogP contribution >= 0.6 is 23.2 Å². The summed E-state index contributed by atoms with van der Waals surface area (Å²) in [6.07, 6.45) is 1.52. The van der Waals surface area contributed by atoms with Crippen LogP contribution in [0.25, 0.3) is 11.5 Å². The molecule has 23 heavy (non-hydrogen) atoms. The molecule has 0 fully saturated rings. The Morgan fingerprint density at radius 2 is 2.00 bits per heavy atom. The molecule has 0 atom stereocenters. The van der Waals surface area contributed by atoms with Gasteiger partial charge in [-0.2, -0.15) is 0 Å². The first-order valence-corrected chi connectivity index (χ1v) is 7.50. The van der Waals surface area contributed by atoms with Crippen LogP contribution in [0.5, 0.6) is 0 Å². The van der Waals surface area contributed by atoms with Crippen molar-refractivity contribution in [3.8, 4) is 11.5 Å². The van der Waals surface area contributed by atoms with Crippen molar-refractivity contribution < 1.29 is 13.7 Å². The maximum absolute atomic E-state index is 12.4. The van der Waals surface area contributed by atoms with Gasteiger partial charge in [-0.25, -0.2) is 0 Å². The molecule has 0 aliphatic carbocycles. The average molecular weight is 351 g/mol. The maximum atomic E-state index is 12.4. The number of nitrogens with zero attached hydrogens (tertiary/aromatic N) is 2. The molecule has 0 N–H and O–H groups in total. The van der Waals surface area contributed by atoms with Gasteiger partial charge in [0, 0.05) is 19.7 Å². The first kappa shape index (κ1) is 15.6. The molecule has 3 aromatic rings. The van der Waals surface area contributed by atoms with E-state index < -0.39 is 0 Å². The van der Waals surface area contributed by atoms with Crippen LogP contribution in [0.2, 0.25) is 10.0 Å². The zero-order chi connectivity index (χ0) is 16.4. The first-order chi connectivity index (χ1) is 11.0. The summed E-state index contributed by atoms with van der Waals surface area (Å²) in [5.74, 6) is 0.655. The lowest BCUT2D eigenvalue weighted by atomic mass is 10.2. The lowest BCUT2D eigenvalue weighted by Crippen LogP contribution is -2.26. The maximum Gasteiger partial charge on any atom is 0.276 e. The highest BCUT2D eigenvalue weighted by Gasteiger charge is 2.19. The minimum atomic E-state index is -0.266. The highest BCUT2D eigenvalue weighted by Crippen LogP contribution is 2.24. The quantitative estimate of drug-likeness (QED) is 0.694. The van der Waals surface area contributed by atoms with Gasteiger partial charge in [0.2, 0.25) is 5.76 Å². The van der Waals surface area contributed by atoms with Crippen LogP contribution in [0, 0.1) is 0 Å². The smallest absolute Gasteiger partial charge is 0.276 e. The van der Waals surface area contributed by atoms with E-state index >= 15 is 0 Å². The molecule has 0 radical (unpaired) electrons. The normalized spacial score (nSPS) is 10.7. The number of carbonyl (C=O) groups is 1. The van der Waals surface area contributed by atoms with Crippen LogP contribution in [-0.4, -0.2) is 23.0 Å². The number of hydrogen-bond acceptors (Lipinski definition) is 4. The van der Waals surface area contributed by atoms with Crippen LogP contribution in [0.1, 0.15) is 16.1 Å². The fourth-order valence-corrected chi connectivity index (χ4v) is 2.41. The summed E-state index contributed by atoms with van der Waals surface area (Å²) in [5, 5.41) is 4.72. The van der Waals surface area contributed by atoms with Crippen molar-refractivity contribution in [2.24, 2.45) is 0 Å². The fourth-order valence-electron chi connectivity index (χ4n) is 2.09. The molecule has 0 saturated carbocycles. The molecule has 7 heteroatoms. The second-order valence-electron chi connectivity index (χ2n) is 4.96. The van der Waals surface area contributed by atoms with E-state index in [9.17, 15) is 4.79 Å². The number of furan rings is 1. The molecule has 3 rings (SSSR count). The van der Waals surface area contributed by atoms with Crippen molar-refractivity contribution in [1.29, 1.82) is 0 Å². The van der Waals surface area contributed by atoms with Gasteiger partial charge in [-0.3, -0.25) is 4.79 Å². The largest absolute Gasteiger partial charge is 0.461 e. The summed E-state index contributed by atoms with van der Waals surface area (Å²) < 4.78 is 10.3. The third-order valence-electron chi connectivity index (χ3n) is 3.24. The van der Waals surface area contributed by atoms with Crippen LogP contribution in [0.4, 0.5) is 0 Å². The Bertz CT molecular complexity index is 828. The molecule has 118 valence electrons. The zero-order valence-corrected chi connectivity index (χ0v) is 13.6. The van der Waals surface area contributed by atoms with Gasteiger partial charge < -0.3 is 13.8 Å². The second kappa shape index (κ2) is 6.48. The van der Waals surface area contributed by atoms with E-state index in [4.69, 9.17) is 32.1 Å². The van der Waals surface area contributed by atoms with Crippen molar-refractivity contribution in [2.75, 3.05) is 7.05 Å². The standard InChI is InChI=1S/C16H12Cl2N2O3/c1-20(9-10-4-5-11(17)12(18)7-10)16(21)13-8-15(23-19-13)14-3-2-6-22-14/h2-8H,9H2,1H3. The summed E-state index contributed by atoms with van der Waals surface area (Å²) in [6, 6.07) is 10.2. The lowest BCUT2D eigenvalue weighted by molar-refractivity contribution is 0.0775. The number of halogens is 2. The molecule has 2 aromatic heterocycles.